The summed E-state index contributed by atoms with van der Waals surface area (Å²) < 4.78 is 2.04. The minimum Gasteiger partial charge on any atom is -0.356 e. The fourth-order valence-corrected chi connectivity index (χ4v) is 4.25. The van der Waals surface area contributed by atoms with Gasteiger partial charge in [-0.15, -0.1) is 0 Å². The lowest BCUT2D eigenvalue weighted by atomic mass is 10.0. The molecule has 0 aliphatic rings. The first-order valence-corrected chi connectivity index (χ1v) is 10.9. The molecule has 6 heteroatoms. The fraction of sp³-hybridized carbons (Fsp3) is 0.292. The summed E-state index contributed by atoms with van der Waals surface area (Å²) in [7, 11) is 0. The smallest absolute Gasteiger partial charge is 0.216 e. The van der Waals surface area contributed by atoms with Crippen LogP contribution >= 0.6 is 11.8 Å². The molecule has 3 rings (SSSR count). The van der Waals surface area contributed by atoms with Crippen molar-refractivity contribution in [3.05, 3.63) is 77.1 Å². The van der Waals surface area contributed by atoms with Gasteiger partial charge in [-0.25, -0.2) is 4.98 Å². The number of nitrogens with one attached hydrogen (secondary N) is 1. The molecule has 1 aromatic heterocycles. The Labute approximate surface area is 181 Å². The third-order valence-corrected chi connectivity index (χ3v) is 5.98. The number of rotatable bonds is 8. The number of imidazole rings is 1. The van der Waals surface area contributed by atoms with Gasteiger partial charge in [0.2, 0.25) is 5.91 Å². The van der Waals surface area contributed by atoms with Crippen molar-refractivity contribution in [1.82, 2.24) is 14.9 Å². The van der Waals surface area contributed by atoms with Crippen LogP contribution in [0.2, 0.25) is 0 Å². The van der Waals surface area contributed by atoms with Crippen LogP contribution in [-0.4, -0.2) is 33.0 Å². The van der Waals surface area contributed by atoms with Gasteiger partial charge in [-0.2, -0.15) is 0 Å². The summed E-state index contributed by atoms with van der Waals surface area (Å²) in [6.45, 7) is 8.17. The summed E-state index contributed by atoms with van der Waals surface area (Å²) in [6.07, 6.45) is 4.44. The summed E-state index contributed by atoms with van der Waals surface area (Å²) in [5.41, 5.74) is 5.23. The maximum Gasteiger partial charge on any atom is 0.216 e. The molecule has 30 heavy (non-hydrogen) atoms. The van der Waals surface area contributed by atoms with Crippen molar-refractivity contribution in [3.63, 3.8) is 0 Å². The van der Waals surface area contributed by atoms with Gasteiger partial charge in [-0.05, 0) is 44.4 Å². The number of benzene rings is 2. The van der Waals surface area contributed by atoms with Gasteiger partial charge in [0.15, 0.2) is 10.9 Å². The summed E-state index contributed by atoms with van der Waals surface area (Å²) >= 11 is 1.46. The van der Waals surface area contributed by atoms with E-state index < -0.39 is 0 Å². The molecule has 0 aliphatic carbocycles. The molecule has 1 atom stereocenters. The zero-order valence-corrected chi connectivity index (χ0v) is 18.6. The first kappa shape index (κ1) is 21.8. The third-order valence-electron chi connectivity index (χ3n) is 4.90. The van der Waals surface area contributed by atoms with Crippen molar-refractivity contribution in [2.24, 2.45) is 0 Å². The van der Waals surface area contributed by atoms with Crippen LogP contribution in [-0.2, 0) is 11.2 Å². The van der Waals surface area contributed by atoms with E-state index in [0.717, 1.165) is 22.8 Å². The molecule has 1 N–H and O–H groups in total. The van der Waals surface area contributed by atoms with Crippen LogP contribution in [0.4, 0.5) is 0 Å². The molecule has 156 valence electrons. The molecule has 0 fully saturated rings. The number of aryl methyl sites for hydroxylation is 2. The molecule has 0 spiro atoms. The standard InChI is InChI=1S/C24H27N3O2S/c1-16-5-10-22(17(2)15-16)27-14-13-26-24(27)30-18(3)23(29)21-8-6-20(7-9-21)11-12-25-19(4)28/h5-10,13-15,18H,11-12H2,1-4H3,(H,25,28). The molecule has 0 bridgehead atoms. The highest BCUT2D eigenvalue weighted by molar-refractivity contribution is 8.00. The number of aromatic nitrogens is 2. The van der Waals surface area contributed by atoms with E-state index in [9.17, 15) is 9.59 Å². The van der Waals surface area contributed by atoms with Gasteiger partial charge >= 0.3 is 0 Å². The number of thioether (sulfide) groups is 1. The second-order valence-electron chi connectivity index (χ2n) is 7.42. The van der Waals surface area contributed by atoms with Gasteiger partial charge in [0, 0.05) is 31.4 Å². The van der Waals surface area contributed by atoms with E-state index in [4.69, 9.17) is 0 Å². The Morgan fingerprint density at radius 3 is 2.53 bits per heavy atom. The second kappa shape index (κ2) is 9.76. The van der Waals surface area contributed by atoms with Crippen LogP contribution in [0.25, 0.3) is 5.69 Å². The minimum absolute atomic E-state index is 0.0353. The topological polar surface area (TPSA) is 64.0 Å². The molecule has 1 unspecified atom stereocenters. The van der Waals surface area contributed by atoms with E-state index in [0.29, 0.717) is 12.1 Å². The summed E-state index contributed by atoms with van der Waals surface area (Å²) in [5, 5.41) is 3.32. The predicted octanol–water partition coefficient (Wildman–Crippen LogP) is 4.53. The number of amides is 1. The summed E-state index contributed by atoms with van der Waals surface area (Å²) in [6, 6.07) is 13.9. The highest BCUT2D eigenvalue weighted by Crippen LogP contribution is 2.28. The largest absolute Gasteiger partial charge is 0.356 e. The van der Waals surface area contributed by atoms with Crippen molar-refractivity contribution in [3.8, 4) is 5.69 Å². The van der Waals surface area contributed by atoms with E-state index in [1.165, 1.54) is 29.8 Å². The number of Topliss-reactive ketones (excluding diaryl/α,β-unsaturated/α-hetero) is 1. The summed E-state index contributed by atoms with van der Waals surface area (Å²) in [4.78, 5) is 28.4. The molecular weight excluding hydrogens is 394 g/mol. The quantitative estimate of drug-likeness (QED) is 0.429. The zero-order valence-electron chi connectivity index (χ0n) is 17.8. The molecule has 0 aliphatic heterocycles. The van der Waals surface area contributed by atoms with Crippen LogP contribution < -0.4 is 5.32 Å². The average Bonchev–Trinajstić information content (AvgIpc) is 3.15. The summed E-state index contributed by atoms with van der Waals surface area (Å²) in [5.74, 6) is 0.0374. The van der Waals surface area contributed by atoms with Crippen molar-refractivity contribution < 1.29 is 9.59 Å². The van der Waals surface area contributed by atoms with Crippen LogP contribution in [0.5, 0.6) is 0 Å². The number of ketones is 1. The Morgan fingerprint density at radius 2 is 1.87 bits per heavy atom. The van der Waals surface area contributed by atoms with Gasteiger partial charge in [-0.1, -0.05) is 53.7 Å². The Morgan fingerprint density at radius 1 is 1.13 bits per heavy atom. The van der Waals surface area contributed by atoms with Gasteiger partial charge < -0.3 is 5.32 Å². The maximum absolute atomic E-state index is 12.9. The van der Waals surface area contributed by atoms with E-state index in [-0.39, 0.29) is 16.9 Å². The van der Waals surface area contributed by atoms with Gasteiger partial charge in [-0.3, -0.25) is 14.2 Å². The lowest BCUT2D eigenvalue weighted by Gasteiger charge is -2.14. The second-order valence-corrected chi connectivity index (χ2v) is 8.73. The molecule has 0 saturated carbocycles. The number of carbonyl (C=O) groups is 2. The number of carbonyl (C=O) groups excluding carboxylic acids is 2. The lowest BCUT2D eigenvalue weighted by Crippen LogP contribution is -2.22. The van der Waals surface area contributed by atoms with E-state index in [1.54, 1.807) is 6.20 Å². The highest BCUT2D eigenvalue weighted by Gasteiger charge is 2.19. The molecule has 2 aromatic carbocycles. The van der Waals surface area contributed by atoms with Gasteiger partial charge in [0.25, 0.3) is 0 Å². The Balaban J connectivity index is 1.68. The van der Waals surface area contributed by atoms with Crippen LogP contribution in [0.15, 0.2) is 60.0 Å². The van der Waals surface area contributed by atoms with Gasteiger partial charge in [0.05, 0.1) is 10.9 Å². The SMILES string of the molecule is CC(=O)NCCc1ccc(C(=O)C(C)Sc2nccn2-c2ccc(C)cc2C)cc1. The molecule has 0 saturated heterocycles. The maximum atomic E-state index is 12.9. The van der Waals surface area contributed by atoms with Crippen molar-refractivity contribution in [2.75, 3.05) is 6.54 Å². The van der Waals surface area contributed by atoms with Gasteiger partial charge in [0.1, 0.15) is 0 Å². The molecule has 3 aromatic rings. The Bertz CT molecular complexity index is 1040. The number of nitrogens with zero attached hydrogens (tertiary/aromatic N) is 2. The van der Waals surface area contributed by atoms with Crippen molar-refractivity contribution in [1.29, 1.82) is 0 Å². The first-order chi connectivity index (χ1) is 14.3. The number of hydrogen-bond donors (Lipinski definition) is 1. The lowest BCUT2D eigenvalue weighted by molar-refractivity contribution is -0.118. The molecule has 1 heterocycles. The van der Waals surface area contributed by atoms with E-state index in [2.05, 4.69) is 42.3 Å². The highest BCUT2D eigenvalue weighted by atomic mass is 32.2. The first-order valence-electron chi connectivity index (χ1n) is 10.0. The zero-order chi connectivity index (χ0) is 21.7. The molecular formula is C24H27N3O2S. The monoisotopic (exact) mass is 421 g/mol. The van der Waals surface area contributed by atoms with Crippen LogP contribution in [0.3, 0.4) is 0 Å². The minimum atomic E-state index is -0.262. The van der Waals surface area contributed by atoms with Crippen LogP contribution in [0.1, 0.15) is 40.9 Å². The van der Waals surface area contributed by atoms with E-state index >= 15 is 0 Å². The predicted molar refractivity (Wildman–Crippen MR) is 122 cm³/mol. The Hall–Kier alpha value is -2.86. The third kappa shape index (κ3) is 5.39. The molecule has 1 amide bonds. The van der Waals surface area contributed by atoms with Crippen molar-refractivity contribution >= 4 is 23.5 Å². The average molecular weight is 422 g/mol. The van der Waals surface area contributed by atoms with E-state index in [1.807, 2.05) is 42.0 Å². The van der Waals surface area contributed by atoms with Crippen molar-refractivity contribution in [2.45, 2.75) is 44.5 Å². The molecule has 0 radical (unpaired) electrons. The Kier molecular flexibility index (Phi) is 7.11. The van der Waals surface area contributed by atoms with Crippen LogP contribution in [0, 0.1) is 13.8 Å². The normalized spacial score (nSPS) is 11.9. The molecule has 5 nitrogen and oxygen atoms in total. The fourth-order valence-electron chi connectivity index (χ4n) is 3.30. The number of hydrogen-bond acceptors (Lipinski definition) is 4.